The number of halogens is 1. The lowest BCUT2D eigenvalue weighted by molar-refractivity contribution is 0.0692. The van der Waals surface area contributed by atoms with E-state index >= 15 is 0 Å². The number of aliphatic hydroxyl groups is 1. The molecule has 104 valence electrons. The molecule has 0 heterocycles. The van der Waals surface area contributed by atoms with Gasteiger partial charge in [0.1, 0.15) is 18.2 Å². The summed E-state index contributed by atoms with van der Waals surface area (Å²) in [6, 6.07) is 10.8. The maximum atomic E-state index is 13.5. The Morgan fingerprint density at radius 2 is 1.95 bits per heavy atom. The summed E-state index contributed by atoms with van der Waals surface area (Å²) >= 11 is 0. The van der Waals surface area contributed by atoms with E-state index in [0.717, 1.165) is 11.6 Å². The molecule has 0 fully saturated rings. The van der Waals surface area contributed by atoms with Crippen molar-refractivity contribution in [3.05, 3.63) is 65.0 Å². The summed E-state index contributed by atoms with van der Waals surface area (Å²) in [5.41, 5.74) is 0.882. The summed E-state index contributed by atoms with van der Waals surface area (Å²) in [6.45, 7) is 0.0326. The highest BCUT2D eigenvalue weighted by Gasteiger charge is 2.10. The van der Waals surface area contributed by atoms with Crippen molar-refractivity contribution in [3.63, 3.8) is 0 Å². The van der Waals surface area contributed by atoms with Gasteiger partial charge in [-0.2, -0.15) is 0 Å². The van der Waals surface area contributed by atoms with Crippen LogP contribution in [0.25, 0.3) is 0 Å². The number of aromatic carboxylic acids is 1. The van der Waals surface area contributed by atoms with Crippen molar-refractivity contribution in [3.8, 4) is 5.75 Å². The Hall–Kier alpha value is -2.40. The first kappa shape index (κ1) is 14.0. The van der Waals surface area contributed by atoms with Gasteiger partial charge in [-0.25, -0.2) is 9.18 Å². The number of carboxylic acids is 1. The predicted molar refractivity (Wildman–Crippen MR) is 70.1 cm³/mol. The van der Waals surface area contributed by atoms with Gasteiger partial charge in [-0.05, 0) is 35.4 Å². The quantitative estimate of drug-likeness (QED) is 0.881. The fraction of sp³-hybridized carbons (Fsp3) is 0.133. The van der Waals surface area contributed by atoms with E-state index in [9.17, 15) is 9.18 Å². The van der Waals surface area contributed by atoms with E-state index in [2.05, 4.69) is 0 Å². The van der Waals surface area contributed by atoms with Gasteiger partial charge in [0.2, 0.25) is 0 Å². The molecule has 0 aliphatic heterocycles. The molecule has 0 aliphatic rings. The highest BCUT2D eigenvalue weighted by molar-refractivity contribution is 5.87. The smallest absolute Gasteiger partial charge is 0.338 e. The minimum absolute atomic E-state index is 0.0842. The summed E-state index contributed by atoms with van der Waals surface area (Å²) in [4.78, 5) is 10.7. The van der Waals surface area contributed by atoms with Gasteiger partial charge < -0.3 is 14.9 Å². The van der Waals surface area contributed by atoms with E-state index < -0.39 is 11.8 Å². The topological polar surface area (TPSA) is 66.8 Å². The average molecular weight is 276 g/mol. The Morgan fingerprint density at radius 3 is 2.60 bits per heavy atom. The first-order chi connectivity index (χ1) is 9.60. The standard InChI is InChI=1S/C15H13FO4/c16-14-7-11(4-5-13(14)15(18)19)9-20-12-3-1-2-10(6-12)8-17/h1-7,17H,8-9H2,(H,18,19). The molecule has 0 saturated heterocycles. The van der Waals surface area contributed by atoms with Crippen LogP contribution in [0.2, 0.25) is 0 Å². The van der Waals surface area contributed by atoms with Crippen LogP contribution in [0, 0.1) is 5.82 Å². The molecule has 0 aromatic heterocycles. The molecule has 2 aromatic rings. The van der Waals surface area contributed by atoms with Gasteiger partial charge >= 0.3 is 5.97 Å². The molecule has 2 aromatic carbocycles. The van der Waals surface area contributed by atoms with Gasteiger partial charge in [0.25, 0.3) is 0 Å². The fourth-order valence-electron chi connectivity index (χ4n) is 1.72. The first-order valence-corrected chi connectivity index (χ1v) is 5.94. The lowest BCUT2D eigenvalue weighted by Crippen LogP contribution is -2.03. The van der Waals surface area contributed by atoms with Crippen LogP contribution in [0.3, 0.4) is 0 Å². The van der Waals surface area contributed by atoms with E-state index in [0.29, 0.717) is 11.3 Å². The van der Waals surface area contributed by atoms with E-state index in [-0.39, 0.29) is 18.8 Å². The minimum atomic E-state index is -1.30. The number of benzene rings is 2. The molecule has 0 atom stereocenters. The van der Waals surface area contributed by atoms with Crippen LogP contribution in [0.5, 0.6) is 5.75 Å². The molecule has 0 amide bonds. The molecule has 2 rings (SSSR count). The summed E-state index contributed by atoms with van der Waals surface area (Å²) in [6.07, 6.45) is 0. The highest BCUT2D eigenvalue weighted by Crippen LogP contribution is 2.16. The van der Waals surface area contributed by atoms with E-state index in [1.54, 1.807) is 24.3 Å². The monoisotopic (exact) mass is 276 g/mol. The maximum Gasteiger partial charge on any atom is 0.338 e. The summed E-state index contributed by atoms with van der Waals surface area (Å²) in [5, 5.41) is 17.7. The lowest BCUT2D eigenvalue weighted by atomic mass is 10.1. The molecule has 0 saturated carbocycles. The number of rotatable bonds is 5. The first-order valence-electron chi connectivity index (χ1n) is 5.94. The Labute approximate surface area is 115 Å². The molecule has 4 nitrogen and oxygen atoms in total. The van der Waals surface area contributed by atoms with Crippen molar-refractivity contribution in [1.82, 2.24) is 0 Å². The molecule has 5 heteroatoms. The zero-order valence-electron chi connectivity index (χ0n) is 10.5. The van der Waals surface area contributed by atoms with Crippen LogP contribution in [0.4, 0.5) is 4.39 Å². The van der Waals surface area contributed by atoms with Crippen LogP contribution >= 0.6 is 0 Å². The van der Waals surface area contributed by atoms with Crippen LogP contribution in [-0.4, -0.2) is 16.2 Å². The molecule has 0 spiro atoms. The molecule has 0 unspecified atom stereocenters. The second-order valence-corrected chi connectivity index (χ2v) is 4.21. The lowest BCUT2D eigenvalue weighted by Gasteiger charge is -2.08. The second-order valence-electron chi connectivity index (χ2n) is 4.21. The largest absolute Gasteiger partial charge is 0.489 e. The van der Waals surface area contributed by atoms with Crippen molar-refractivity contribution < 1.29 is 24.1 Å². The Balaban J connectivity index is 2.07. The molecule has 2 N–H and O–H groups in total. The molecule has 0 aliphatic carbocycles. The number of carboxylic acid groups (broad SMARTS) is 1. The van der Waals surface area contributed by atoms with Crippen molar-refractivity contribution in [2.45, 2.75) is 13.2 Å². The Kier molecular flexibility index (Phi) is 4.32. The van der Waals surface area contributed by atoms with Gasteiger partial charge in [-0.3, -0.25) is 0 Å². The van der Waals surface area contributed by atoms with Crippen molar-refractivity contribution >= 4 is 5.97 Å². The Morgan fingerprint density at radius 1 is 1.15 bits per heavy atom. The van der Waals surface area contributed by atoms with Gasteiger partial charge in [0.15, 0.2) is 0 Å². The van der Waals surface area contributed by atoms with Gasteiger partial charge in [-0.15, -0.1) is 0 Å². The van der Waals surface area contributed by atoms with Crippen molar-refractivity contribution in [2.24, 2.45) is 0 Å². The summed E-state index contributed by atoms with van der Waals surface area (Å²) in [5.74, 6) is -1.53. The van der Waals surface area contributed by atoms with E-state index in [1.807, 2.05) is 0 Å². The van der Waals surface area contributed by atoms with E-state index in [4.69, 9.17) is 14.9 Å². The molecular weight excluding hydrogens is 263 g/mol. The second kappa shape index (κ2) is 6.16. The van der Waals surface area contributed by atoms with Crippen LogP contribution in [0.1, 0.15) is 21.5 Å². The fourth-order valence-corrected chi connectivity index (χ4v) is 1.72. The van der Waals surface area contributed by atoms with Crippen LogP contribution in [-0.2, 0) is 13.2 Å². The predicted octanol–water partition coefficient (Wildman–Crippen LogP) is 2.60. The van der Waals surface area contributed by atoms with Gasteiger partial charge in [-0.1, -0.05) is 18.2 Å². The number of carbonyl (C=O) groups is 1. The molecule has 0 bridgehead atoms. The van der Waals surface area contributed by atoms with Gasteiger partial charge in [0.05, 0.1) is 12.2 Å². The number of aliphatic hydroxyl groups excluding tert-OH is 1. The highest BCUT2D eigenvalue weighted by atomic mass is 19.1. The zero-order valence-corrected chi connectivity index (χ0v) is 10.5. The van der Waals surface area contributed by atoms with Crippen molar-refractivity contribution in [1.29, 1.82) is 0 Å². The third-order valence-corrected chi connectivity index (χ3v) is 2.75. The normalized spacial score (nSPS) is 10.3. The van der Waals surface area contributed by atoms with Crippen molar-refractivity contribution in [2.75, 3.05) is 0 Å². The van der Waals surface area contributed by atoms with Crippen LogP contribution < -0.4 is 4.74 Å². The third-order valence-electron chi connectivity index (χ3n) is 2.75. The average Bonchev–Trinajstić information content (AvgIpc) is 2.45. The SMILES string of the molecule is O=C(O)c1ccc(COc2cccc(CO)c2)cc1F. The molecule has 0 radical (unpaired) electrons. The minimum Gasteiger partial charge on any atom is -0.489 e. The number of hydrogen-bond acceptors (Lipinski definition) is 3. The van der Waals surface area contributed by atoms with E-state index in [1.165, 1.54) is 12.1 Å². The third kappa shape index (κ3) is 3.33. The number of ether oxygens (including phenoxy) is 1. The van der Waals surface area contributed by atoms with Crippen LogP contribution in [0.15, 0.2) is 42.5 Å². The molecule has 20 heavy (non-hydrogen) atoms. The summed E-state index contributed by atoms with van der Waals surface area (Å²) < 4.78 is 18.9. The molecular formula is C15H13FO4. The summed E-state index contributed by atoms with van der Waals surface area (Å²) in [7, 11) is 0. The Bertz CT molecular complexity index is 625. The zero-order chi connectivity index (χ0) is 14.5. The number of hydrogen-bond donors (Lipinski definition) is 2. The maximum absolute atomic E-state index is 13.5. The van der Waals surface area contributed by atoms with Gasteiger partial charge in [0, 0.05) is 0 Å².